The zero-order chi connectivity index (χ0) is 28.2. The maximum atomic E-state index is 14.3. The van der Waals surface area contributed by atoms with E-state index in [9.17, 15) is 23.2 Å². The number of amides is 4. The van der Waals surface area contributed by atoms with Crippen molar-refractivity contribution >= 4 is 23.7 Å². The zero-order valence-corrected chi connectivity index (χ0v) is 22.4. The van der Waals surface area contributed by atoms with Gasteiger partial charge >= 0.3 is 18.0 Å². The Morgan fingerprint density at radius 1 is 1.10 bits per heavy atom. The fourth-order valence-corrected chi connectivity index (χ4v) is 7.28. The van der Waals surface area contributed by atoms with Gasteiger partial charge in [0.15, 0.2) is 11.6 Å². The van der Waals surface area contributed by atoms with Gasteiger partial charge in [0.05, 0.1) is 24.4 Å². The Morgan fingerprint density at radius 3 is 2.70 bits per heavy atom. The molecule has 4 aliphatic rings. The molecule has 6 rings (SSSR count). The first-order chi connectivity index (χ1) is 19.2. The molecule has 1 saturated heterocycles. The van der Waals surface area contributed by atoms with Gasteiger partial charge in [-0.2, -0.15) is 0 Å². The molecule has 2 fully saturated rings. The molecule has 40 heavy (non-hydrogen) atoms. The van der Waals surface area contributed by atoms with Crippen LogP contribution in [0.3, 0.4) is 0 Å². The van der Waals surface area contributed by atoms with Gasteiger partial charge in [0, 0.05) is 37.0 Å². The summed E-state index contributed by atoms with van der Waals surface area (Å²) < 4.78 is 33.0. The van der Waals surface area contributed by atoms with E-state index in [1.807, 2.05) is 6.20 Å². The number of carbonyl (C=O) groups is 3. The summed E-state index contributed by atoms with van der Waals surface area (Å²) in [5, 5.41) is 2.97. The van der Waals surface area contributed by atoms with E-state index in [-0.39, 0.29) is 22.9 Å². The highest BCUT2D eigenvalue weighted by Crippen LogP contribution is 2.55. The lowest BCUT2D eigenvalue weighted by Crippen LogP contribution is -2.55. The van der Waals surface area contributed by atoms with Crippen LogP contribution in [0.15, 0.2) is 41.5 Å². The van der Waals surface area contributed by atoms with E-state index in [4.69, 9.17) is 9.72 Å². The number of hydrogen-bond acceptors (Lipinski definition) is 6. The third kappa shape index (κ3) is 4.09. The molecule has 4 amide bonds. The fourth-order valence-electron chi connectivity index (χ4n) is 7.28. The summed E-state index contributed by atoms with van der Waals surface area (Å²) in [5.41, 5.74) is 2.41. The third-order valence-corrected chi connectivity index (χ3v) is 9.07. The fraction of sp³-hybridized carbons (Fsp3) is 0.483. The molecule has 5 atom stereocenters. The predicted molar refractivity (Wildman–Crippen MR) is 141 cm³/mol. The van der Waals surface area contributed by atoms with Crippen LogP contribution >= 0.6 is 0 Å². The van der Waals surface area contributed by atoms with Crippen molar-refractivity contribution in [3.8, 4) is 0 Å². The van der Waals surface area contributed by atoms with Crippen molar-refractivity contribution in [3.63, 3.8) is 0 Å². The molecule has 3 heterocycles. The number of aromatic nitrogens is 1. The lowest BCUT2D eigenvalue weighted by Gasteiger charge is -2.46. The lowest BCUT2D eigenvalue weighted by atomic mass is 9.71. The van der Waals surface area contributed by atoms with Crippen molar-refractivity contribution in [1.29, 1.82) is 0 Å². The van der Waals surface area contributed by atoms with Gasteiger partial charge in [0.2, 0.25) is 0 Å². The van der Waals surface area contributed by atoms with Crippen LogP contribution in [-0.4, -0.2) is 64.8 Å². The van der Waals surface area contributed by atoms with E-state index in [0.717, 1.165) is 48.5 Å². The zero-order valence-electron chi connectivity index (χ0n) is 22.4. The maximum Gasteiger partial charge on any atom is 0.352 e. The largest absolute Gasteiger partial charge is 0.468 e. The van der Waals surface area contributed by atoms with E-state index in [2.05, 4.69) is 27.3 Å². The number of pyridine rings is 1. The first kappa shape index (κ1) is 26.5. The molecule has 0 spiro atoms. The van der Waals surface area contributed by atoms with Crippen LogP contribution in [0.5, 0.6) is 0 Å². The minimum Gasteiger partial charge on any atom is -0.468 e. The van der Waals surface area contributed by atoms with E-state index in [0.29, 0.717) is 18.9 Å². The summed E-state index contributed by atoms with van der Waals surface area (Å²) >= 11 is 0. The van der Waals surface area contributed by atoms with Crippen molar-refractivity contribution in [2.75, 3.05) is 20.2 Å². The number of methoxy groups -OCH3 is 1. The Morgan fingerprint density at radius 2 is 1.93 bits per heavy atom. The number of benzene rings is 1. The third-order valence-electron chi connectivity index (χ3n) is 9.07. The number of rotatable bonds is 4. The average Bonchev–Trinajstić information content (AvgIpc) is 3.50. The minimum absolute atomic E-state index is 0.0836. The number of carbonyl (C=O) groups excluding carboxylic acids is 3. The topological polar surface area (TPSA) is 104 Å². The SMILES string of the molecule is COC(=O)C1C(C)=NC(=O)N(C(=O)N[C@@H]2CCN([C@]34CCCC[C@@H]3c3ccnc4c3)C2)[C@H]1c1ccc(F)c(F)c1. The average molecular weight is 552 g/mol. The number of halogens is 2. The molecule has 210 valence electrons. The molecule has 1 aromatic heterocycles. The van der Waals surface area contributed by atoms with Crippen LogP contribution in [0, 0.1) is 17.6 Å². The van der Waals surface area contributed by atoms with Crippen molar-refractivity contribution in [3.05, 3.63) is 65.0 Å². The van der Waals surface area contributed by atoms with E-state index >= 15 is 0 Å². The van der Waals surface area contributed by atoms with Gasteiger partial charge in [0.25, 0.3) is 0 Å². The number of esters is 1. The first-order valence-corrected chi connectivity index (χ1v) is 13.7. The molecule has 2 aromatic rings. The van der Waals surface area contributed by atoms with Gasteiger partial charge in [0.1, 0.15) is 5.92 Å². The normalized spacial score (nSPS) is 29.6. The highest BCUT2D eigenvalue weighted by atomic mass is 19.2. The molecule has 2 bridgehead atoms. The number of imide groups is 1. The maximum absolute atomic E-state index is 14.3. The Labute approximate surface area is 230 Å². The molecule has 2 aliphatic carbocycles. The van der Waals surface area contributed by atoms with Crippen molar-refractivity contribution in [2.24, 2.45) is 10.9 Å². The Hall–Kier alpha value is -3.73. The first-order valence-electron chi connectivity index (χ1n) is 13.7. The van der Waals surface area contributed by atoms with Gasteiger partial charge in [-0.15, -0.1) is 0 Å². The second-order valence-corrected chi connectivity index (χ2v) is 11.1. The number of fused-ring (bicyclic) bond motifs is 5. The second-order valence-electron chi connectivity index (χ2n) is 11.1. The van der Waals surface area contributed by atoms with Crippen LogP contribution < -0.4 is 5.32 Å². The molecular formula is C29H31F2N5O4. The number of ether oxygens (including phenoxy) is 1. The molecule has 0 radical (unpaired) electrons. The molecule has 2 aliphatic heterocycles. The predicted octanol–water partition coefficient (Wildman–Crippen LogP) is 4.44. The summed E-state index contributed by atoms with van der Waals surface area (Å²) in [6, 6.07) is 4.18. The van der Waals surface area contributed by atoms with Gasteiger partial charge in [-0.3, -0.25) is 14.7 Å². The van der Waals surface area contributed by atoms with Gasteiger partial charge in [-0.05, 0) is 61.6 Å². The number of urea groups is 2. The van der Waals surface area contributed by atoms with E-state index < -0.39 is 41.6 Å². The highest BCUT2D eigenvalue weighted by Gasteiger charge is 2.54. The Balaban J connectivity index is 1.26. The van der Waals surface area contributed by atoms with Crippen LogP contribution in [-0.2, 0) is 15.1 Å². The quantitative estimate of drug-likeness (QED) is 0.564. The monoisotopic (exact) mass is 551 g/mol. The Kier molecular flexibility index (Phi) is 6.64. The number of aliphatic imine (C=N–C) groups is 1. The van der Waals surface area contributed by atoms with Crippen molar-refractivity contribution < 1.29 is 27.9 Å². The van der Waals surface area contributed by atoms with Gasteiger partial charge in [-0.25, -0.2) is 28.3 Å². The van der Waals surface area contributed by atoms with Crippen LogP contribution in [0.25, 0.3) is 0 Å². The molecule has 9 nitrogen and oxygen atoms in total. The van der Waals surface area contributed by atoms with Crippen molar-refractivity contribution in [2.45, 2.75) is 62.6 Å². The van der Waals surface area contributed by atoms with Gasteiger partial charge in [-0.1, -0.05) is 18.9 Å². The van der Waals surface area contributed by atoms with Crippen molar-refractivity contribution in [1.82, 2.24) is 20.1 Å². The number of likely N-dealkylation sites (tertiary alicyclic amines) is 1. The number of hydrogen-bond donors (Lipinski definition) is 1. The summed E-state index contributed by atoms with van der Waals surface area (Å²) in [5.74, 6) is -3.79. The molecular weight excluding hydrogens is 520 g/mol. The lowest BCUT2D eigenvalue weighted by molar-refractivity contribution is -0.144. The van der Waals surface area contributed by atoms with E-state index in [1.165, 1.54) is 32.1 Å². The summed E-state index contributed by atoms with van der Waals surface area (Å²) in [6.45, 7) is 2.80. The molecule has 11 heteroatoms. The molecule has 1 aromatic carbocycles. The number of nitrogens with one attached hydrogen (secondary N) is 1. The molecule has 1 N–H and O–H groups in total. The summed E-state index contributed by atoms with van der Waals surface area (Å²) in [4.78, 5) is 51.5. The van der Waals surface area contributed by atoms with E-state index in [1.54, 1.807) is 0 Å². The van der Waals surface area contributed by atoms with Crippen LogP contribution in [0.1, 0.15) is 67.8 Å². The summed E-state index contributed by atoms with van der Waals surface area (Å²) in [7, 11) is 1.18. The number of nitrogens with zero attached hydrogens (tertiary/aromatic N) is 4. The smallest absolute Gasteiger partial charge is 0.352 e. The Bertz CT molecular complexity index is 1420. The molecule has 1 saturated carbocycles. The molecule has 1 unspecified atom stereocenters. The standard InChI is InChI=1S/C29H31F2N5O4/c1-16-24(26(37)40-2)25(18-6-7-21(30)22(31)13-18)36(27(38)33-16)28(39)34-19-9-12-35(15-19)29-10-4-3-5-20(29)17-8-11-32-23(29)14-17/h6-8,11,13-14,19-20,24-25H,3-5,9-10,12,15H2,1-2H3,(H,34,39)/t19-,20-,24?,25+,29-/m1/s1. The summed E-state index contributed by atoms with van der Waals surface area (Å²) in [6.07, 6.45) is 6.90. The van der Waals surface area contributed by atoms with Crippen LogP contribution in [0.2, 0.25) is 0 Å². The highest BCUT2D eigenvalue weighted by molar-refractivity contribution is 6.11. The second kappa shape index (κ2) is 10.0. The van der Waals surface area contributed by atoms with Gasteiger partial charge < -0.3 is 10.1 Å². The van der Waals surface area contributed by atoms with Crippen LogP contribution in [0.4, 0.5) is 18.4 Å². The minimum atomic E-state index is -1.26.